The fraction of sp³-hybridized carbons (Fsp3) is 0.217. The van der Waals surface area contributed by atoms with E-state index < -0.39 is 0 Å². The molecule has 0 bridgehead atoms. The van der Waals surface area contributed by atoms with Crippen molar-refractivity contribution >= 4 is 11.6 Å². The lowest BCUT2D eigenvalue weighted by Crippen LogP contribution is -2.35. The van der Waals surface area contributed by atoms with E-state index in [1.54, 1.807) is 12.1 Å². The number of aromatic nitrogens is 2. The molecule has 0 saturated heterocycles. The van der Waals surface area contributed by atoms with E-state index in [0.29, 0.717) is 6.42 Å². The highest BCUT2D eigenvalue weighted by Crippen LogP contribution is 2.48. The molecule has 140 valence electrons. The van der Waals surface area contributed by atoms with E-state index >= 15 is 0 Å². The lowest BCUT2D eigenvalue weighted by Gasteiger charge is -2.36. The monoisotopic (exact) mass is 373 g/mol. The first-order valence-corrected chi connectivity index (χ1v) is 9.53. The Morgan fingerprint density at radius 2 is 1.82 bits per heavy atom. The van der Waals surface area contributed by atoms with E-state index in [0.717, 1.165) is 40.4 Å². The molecule has 1 N–H and O–H groups in total. The first-order valence-electron chi connectivity index (χ1n) is 9.53. The van der Waals surface area contributed by atoms with Crippen molar-refractivity contribution in [3.8, 4) is 5.69 Å². The molecule has 1 aromatic heterocycles. The molecule has 2 aliphatic rings. The number of aryl methyl sites for hydroxylation is 1. The molecule has 2 atom stereocenters. The Hall–Kier alpha value is -3.21. The summed E-state index contributed by atoms with van der Waals surface area (Å²) in [5.41, 5.74) is 4.70. The molecule has 5 heteroatoms. The topological polar surface area (TPSA) is 46.9 Å². The quantitative estimate of drug-likeness (QED) is 0.706. The first kappa shape index (κ1) is 16.9. The van der Waals surface area contributed by atoms with Crippen LogP contribution in [0.5, 0.6) is 0 Å². The van der Waals surface area contributed by atoms with Crippen molar-refractivity contribution in [3.05, 3.63) is 89.0 Å². The van der Waals surface area contributed by atoms with Crippen LogP contribution in [-0.4, -0.2) is 15.6 Å². The second-order valence-electron chi connectivity index (χ2n) is 7.39. The van der Waals surface area contributed by atoms with Crippen LogP contribution in [0, 0.1) is 18.7 Å². The SMILES string of the molecule is Cc1nn(-c2ccccc2)c2c1[C@@H](c1ccc(F)cc1)[C@@H]1C(=O)CCC=C1N2. The average Bonchev–Trinajstić information content (AvgIpc) is 3.04. The Morgan fingerprint density at radius 1 is 1.07 bits per heavy atom. The normalized spacial score (nSPS) is 20.8. The van der Waals surface area contributed by atoms with Gasteiger partial charge in [0, 0.05) is 23.6 Å². The van der Waals surface area contributed by atoms with Gasteiger partial charge in [0.1, 0.15) is 17.4 Å². The molecule has 5 rings (SSSR count). The number of fused-ring (bicyclic) bond motifs is 2. The molecular formula is C23H20FN3O. The van der Waals surface area contributed by atoms with Crippen LogP contribution in [-0.2, 0) is 4.79 Å². The van der Waals surface area contributed by atoms with E-state index in [9.17, 15) is 9.18 Å². The van der Waals surface area contributed by atoms with Gasteiger partial charge >= 0.3 is 0 Å². The zero-order chi connectivity index (χ0) is 19.3. The number of anilines is 1. The van der Waals surface area contributed by atoms with E-state index in [1.165, 1.54) is 12.1 Å². The van der Waals surface area contributed by atoms with Crippen LogP contribution < -0.4 is 5.32 Å². The standard InChI is InChI=1S/C23H20FN3O/c1-14-20-21(15-10-12-16(24)13-11-15)22-18(8-5-9-19(22)28)25-23(20)27(26-14)17-6-3-2-4-7-17/h2-4,6-8,10-13,21-22,25H,5,9H2,1H3/t21-,22+/m1/s1. The number of allylic oxidation sites excluding steroid dienone is 2. The van der Waals surface area contributed by atoms with E-state index in [1.807, 2.05) is 41.9 Å². The number of halogens is 1. The van der Waals surface area contributed by atoms with Crippen molar-refractivity contribution < 1.29 is 9.18 Å². The van der Waals surface area contributed by atoms with Gasteiger partial charge in [0.2, 0.25) is 0 Å². The zero-order valence-corrected chi connectivity index (χ0v) is 15.5. The van der Waals surface area contributed by atoms with Gasteiger partial charge in [-0.05, 0) is 43.2 Å². The van der Waals surface area contributed by atoms with Crippen molar-refractivity contribution in [1.29, 1.82) is 0 Å². The van der Waals surface area contributed by atoms with Gasteiger partial charge in [-0.15, -0.1) is 0 Å². The molecule has 0 spiro atoms. The van der Waals surface area contributed by atoms with Gasteiger partial charge in [-0.2, -0.15) is 5.10 Å². The summed E-state index contributed by atoms with van der Waals surface area (Å²) >= 11 is 0. The molecule has 0 unspecified atom stereocenters. The predicted octanol–water partition coefficient (Wildman–Crippen LogP) is 4.74. The van der Waals surface area contributed by atoms with Gasteiger partial charge in [-0.1, -0.05) is 36.4 Å². The summed E-state index contributed by atoms with van der Waals surface area (Å²) in [5, 5.41) is 8.28. The minimum atomic E-state index is -0.279. The first-order chi connectivity index (χ1) is 13.6. The highest BCUT2D eigenvalue weighted by atomic mass is 19.1. The molecule has 28 heavy (non-hydrogen) atoms. The summed E-state index contributed by atoms with van der Waals surface area (Å²) in [7, 11) is 0. The Kier molecular flexibility index (Phi) is 3.90. The Bertz CT molecular complexity index is 1080. The summed E-state index contributed by atoms with van der Waals surface area (Å²) in [6.45, 7) is 1.97. The minimum Gasteiger partial charge on any atom is -0.343 e. The number of benzene rings is 2. The smallest absolute Gasteiger partial charge is 0.143 e. The van der Waals surface area contributed by atoms with Gasteiger partial charge in [0.05, 0.1) is 17.3 Å². The highest BCUT2D eigenvalue weighted by molar-refractivity contribution is 5.89. The van der Waals surface area contributed by atoms with Crippen molar-refractivity contribution in [2.24, 2.45) is 5.92 Å². The Balaban J connectivity index is 1.75. The van der Waals surface area contributed by atoms with E-state index in [2.05, 4.69) is 11.4 Å². The number of rotatable bonds is 2. The largest absolute Gasteiger partial charge is 0.343 e. The van der Waals surface area contributed by atoms with Crippen LogP contribution >= 0.6 is 0 Å². The lowest BCUT2D eigenvalue weighted by atomic mass is 9.72. The molecule has 2 aromatic carbocycles. The van der Waals surface area contributed by atoms with Crippen LogP contribution in [0.1, 0.15) is 35.6 Å². The molecule has 0 radical (unpaired) electrons. The number of hydrogen-bond donors (Lipinski definition) is 1. The third-order valence-electron chi connectivity index (χ3n) is 5.68. The Labute approximate surface area is 162 Å². The summed E-state index contributed by atoms with van der Waals surface area (Å²) in [5.74, 6) is 0.375. The number of ketones is 1. The molecule has 2 heterocycles. The van der Waals surface area contributed by atoms with Crippen LogP contribution in [0.3, 0.4) is 0 Å². The van der Waals surface area contributed by atoms with Crippen LogP contribution in [0.25, 0.3) is 5.69 Å². The summed E-state index contributed by atoms with van der Waals surface area (Å²) in [4.78, 5) is 12.9. The number of carbonyl (C=O) groups excluding carboxylic acids is 1. The van der Waals surface area contributed by atoms with E-state index in [4.69, 9.17) is 5.10 Å². The predicted molar refractivity (Wildman–Crippen MR) is 106 cm³/mol. The Morgan fingerprint density at radius 3 is 2.57 bits per heavy atom. The maximum atomic E-state index is 13.6. The molecule has 1 aliphatic carbocycles. The van der Waals surface area contributed by atoms with Gasteiger partial charge < -0.3 is 5.32 Å². The van der Waals surface area contributed by atoms with Gasteiger partial charge in [-0.3, -0.25) is 4.79 Å². The number of nitrogens with one attached hydrogen (secondary N) is 1. The highest BCUT2D eigenvalue weighted by Gasteiger charge is 2.42. The third kappa shape index (κ3) is 2.58. The second kappa shape index (κ2) is 6.44. The molecule has 0 saturated carbocycles. The number of para-hydroxylation sites is 1. The molecule has 0 fully saturated rings. The zero-order valence-electron chi connectivity index (χ0n) is 15.5. The number of carbonyl (C=O) groups is 1. The van der Waals surface area contributed by atoms with Gasteiger partial charge in [0.15, 0.2) is 0 Å². The van der Waals surface area contributed by atoms with Gasteiger partial charge in [0.25, 0.3) is 0 Å². The average molecular weight is 373 g/mol. The van der Waals surface area contributed by atoms with Crippen molar-refractivity contribution in [2.75, 3.05) is 5.32 Å². The number of Topliss-reactive ketones (excluding diaryl/α,β-unsaturated/α-hetero) is 1. The number of hydrogen-bond acceptors (Lipinski definition) is 3. The fourth-order valence-electron chi connectivity index (χ4n) is 4.44. The number of nitrogens with zero attached hydrogens (tertiary/aromatic N) is 2. The molecule has 3 aromatic rings. The van der Waals surface area contributed by atoms with Crippen LogP contribution in [0.2, 0.25) is 0 Å². The molecule has 1 aliphatic heterocycles. The van der Waals surface area contributed by atoms with Crippen molar-refractivity contribution in [1.82, 2.24) is 9.78 Å². The molecule has 0 amide bonds. The van der Waals surface area contributed by atoms with Crippen LogP contribution in [0.4, 0.5) is 10.2 Å². The third-order valence-corrected chi connectivity index (χ3v) is 5.68. The summed E-state index contributed by atoms with van der Waals surface area (Å²) in [6.07, 6.45) is 3.39. The molecular weight excluding hydrogens is 353 g/mol. The van der Waals surface area contributed by atoms with Crippen molar-refractivity contribution in [3.63, 3.8) is 0 Å². The van der Waals surface area contributed by atoms with Crippen LogP contribution in [0.15, 0.2) is 66.4 Å². The summed E-state index contributed by atoms with van der Waals surface area (Å²) < 4.78 is 15.5. The molecule has 4 nitrogen and oxygen atoms in total. The second-order valence-corrected chi connectivity index (χ2v) is 7.39. The maximum absolute atomic E-state index is 13.6. The minimum absolute atomic E-state index is 0.173. The van der Waals surface area contributed by atoms with Gasteiger partial charge in [-0.25, -0.2) is 9.07 Å². The lowest BCUT2D eigenvalue weighted by molar-refractivity contribution is -0.122. The summed E-state index contributed by atoms with van der Waals surface area (Å²) in [6, 6.07) is 16.4. The maximum Gasteiger partial charge on any atom is 0.143 e. The van der Waals surface area contributed by atoms with Crippen molar-refractivity contribution in [2.45, 2.75) is 25.7 Å². The van der Waals surface area contributed by atoms with E-state index in [-0.39, 0.29) is 23.4 Å². The fourth-order valence-corrected chi connectivity index (χ4v) is 4.44.